The molecule has 3 aromatic rings. The minimum absolute atomic E-state index is 0.0802. The fourth-order valence-electron chi connectivity index (χ4n) is 2.35. The number of halogens is 1. The molecule has 0 aliphatic rings. The molecule has 0 saturated heterocycles. The van der Waals surface area contributed by atoms with E-state index in [0.29, 0.717) is 11.2 Å². The van der Waals surface area contributed by atoms with Gasteiger partial charge in [-0.3, -0.25) is 19.1 Å². The standard InChI is InChI=1S/C17H11FN4O2/c18-11-4-5-15-12(7-11)17(24)22(10-21-15)9-16(23)13(8-19)14-3-1-2-6-20-14/h1-7,10,13H,9H2/t13-/m0/s1. The van der Waals surface area contributed by atoms with Crippen LogP contribution in [0.4, 0.5) is 4.39 Å². The third kappa shape index (κ3) is 2.90. The van der Waals surface area contributed by atoms with Gasteiger partial charge in [0.1, 0.15) is 11.7 Å². The normalized spacial score (nSPS) is 11.8. The Morgan fingerprint density at radius 1 is 1.29 bits per heavy atom. The SMILES string of the molecule is N#C[C@H](C(=O)Cn1cnc2ccc(F)cc2c1=O)c1ccccn1. The van der Waals surface area contributed by atoms with Gasteiger partial charge >= 0.3 is 0 Å². The summed E-state index contributed by atoms with van der Waals surface area (Å²) in [5.74, 6) is -2.13. The van der Waals surface area contributed by atoms with Gasteiger partial charge in [-0.2, -0.15) is 5.26 Å². The number of Topliss-reactive ketones (excluding diaryl/α,β-unsaturated/α-hetero) is 1. The van der Waals surface area contributed by atoms with Crippen molar-refractivity contribution in [3.8, 4) is 6.07 Å². The number of benzene rings is 1. The number of ketones is 1. The molecule has 2 aromatic heterocycles. The highest BCUT2D eigenvalue weighted by atomic mass is 19.1. The average molecular weight is 322 g/mol. The Morgan fingerprint density at radius 3 is 2.83 bits per heavy atom. The van der Waals surface area contributed by atoms with Crippen LogP contribution < -0.4 is 5.56 Å². The average Bonchev–Trinajstić information content (AvgIpc) is 2.59. The van der Waals surface area contributed by atoms with E-state index in [-0.39, 0.29) is 11.9 Å². The van der Waals surface area contributed by atoms with Gasteiger partial charge < -0.3 is 0 Å². The largest absolute Gasteiger partial charge is 0.296 e. The molecule has 24 heavy (non-hydrogen) atoms. The number of carbonyl (C=O) groups is 1. The third-order valence-electron chi connectivity index (χ3n) is 3.55. The molecule has 0 unspecified atom stereocenters. The third-order valence-corrected chi connectivity index (χ3v) is 3.55. The smallest absolute Gasteiger partial charge is 0.261 e. The maximum atomic E-state index is 13.3. The Labute approximate surface area is 135 Å². The van der Waals surface area contributed by atoms with Crippen LogP contribution in [0.1, 0.15) is 11.6 Å². The highest BCUT2D eigenvalue weighted by molar-refractivity contribution is 5.88. The van der Waals surface area contributed by atoms with Crippen LogP contribution in [0.5, 0.6) is 0 Å². The minimum Gasteiger partial charge on any atom is -0.296 e. The molecule has 0 bridgehead atoms. The van der Waals surface area contributed by atoms with Gasteiger partial charge in [0.25, 0.3) is 5.56 Å². The van der Waals surface area contributed by atoms with Gasteiger partial charge in [-0.1, -0.05) is 6.07 Å². The van der Waals surface area contributed by atoms with Crippen LogP contribution in [0.25, 0.3) is 10.9 Å². The van der Waals surface area contributed by atoms with Crippen molar-refractivity contribution in [2.75, 3.05) is 0 Å². The number of carbonyl (C=O) groups excluding carboxylic acids is 1. The van der Waals surface area contributed by atoms with Crippen LogP contribution in [0, 0.1) is 17.1 Å². The van der Waals surface area contributed by atoms with E-state index in [1.165, 1.54) is 24.7 Å². The Balaban J connectivity index is 1.95. The van der Waals surface area contributed by atoms with Crippen LogP contribution in [0.15, 0.2) is 53.7 Å². The quantitative estimate of drug-likeness (QED) is 0.731. The predicted octanol–water partition coefficient (Wildman–Crippen LogP) is 1.81. The molecule has 0 N–H and O–H groups in total. The minimum atomic E-state index is -1.08. The molecule has 2 heterocycles. The van der Waals surface area contributed by atoms with Crippen LogP contribution in [0.3, 0.4) is 0 Å². The molecule has 7 heteroatoms. The van der Waals surface area contributed by atoms with Crippen LogP contribution in [-0.2, 0) is 11.3 Å². The van der Waals surface area contributed by atoms with E-state index in [1.54, 1.807) is 18.2 Å². The summed E-state index contributed by atoms with van der Waals surface area (Å²) in [6.45, 7) is -0.340. The lowest BCUT2D eigenvalue weighted by atomic mass is 10.0. The summed E-state index contributed by atoms with van der Waals surface area (Å²) in [7, 11) is 0. The number of hydrogen-bond donors (Lipinski definition) is 0. The van der Waals surface area contributed by atoms with E-state index >= 15 is 0 Å². The molecule has 0 aliphatic carbocycles. The summed E-state index contributed by atoms with van der Waals surface area (Å²) in [5.41, 5.74) is 0.120. The van der Waals surface area contributed by atoms with Gasteiger partial charge in [0.2, 0.25) is 0 Å². The number of rotatable bonds is 4. The van der Waals surface area contributed by atoms with E-state index in [9.17, 15) is 19.2 Å². The summed E-state index contributed by atoms with van der Waals surface area (Å²) >= 11 is 0. The Hall–Kier alpha value is -3.40. The van der Waals surface area contributed by atoms with E-state index in [2.05, 4.69) is 9.97 Å². The fraction of sp³-hybridized carbons (Fsp3) is 0.118. The summed E-state index contributed by atoms with van der Waals surface area (Å²) in [6.07, 6.45) is 2.70. The number of aromatic nitrogens is 3. The van der Waals surface area contributed by atoms with Gasteiger partial charge in [-0.15, -0.1) is 0 Å². The Kier molecular flexibility index (Phi) is 4.12. The molecule has 1 atom stereocenters. The van der Waals surface area contributed by atoms with Crippen molar-refractivity contribution in [3.05, 3.63) is 70.8 Å². The van der Waals surface area contributed by atoms with Crippen molar-refractivity contribution in [1.82, 2.24) is 14.5 Å². The first-order valence-corrected chi connectivity index (χ1v) is 7.08. The predicted molar refractivity (Wildman–Crippen MR) is 83.6 cm³/mol. The highest BCUT2D eigenvalue weighted by Crippen LogP contribution is 2.14. The molecule has 118 valence electrons. The summed E-state index contributed by atoms with van der Waals surface area (Å²) in [5, 5.41) is 9.32. The molecule has 3 rings (SSSR count). The van der Waals surface area contributed by atoms with Gasteiger partial charge in [-0.05, 0) is 30.3 Å². The van der Waals surface area contributed by atoms with Crippen molar-refractivity contribution in [2.24, 2.45) is 0 Å². The number of fused-ring (bicyclic) bond motifs is 1. The number of nitriles is 1. The summed E-state index contributed by atoms with van der Waals surface area (Å²) < 4.78 is 14.4. The maximum absolute atomic E-state index is 13.3. The molecule has 0 fully saturated rings. The molecule has 0 saturated carbocycles. The van der Waals surface area contributed by atoms with E-state index in [4.69, 9.17) is 0 Å². The molecular weight excluding hydrogens is 311 g/mol. The lowest BCUT2D eigenvalue weighted by Gasteiger charge is -2.09. The zero-order valence-corrected chi connectivity index (χ0v) is 12.4. The van der Waals surface area contributed by atoms with Crippen molar-refractivity contribution in [3.63, 3.8) is 0 Å². The van der Waals surface area contributed by atoms with Crippen molar-refractivity contribution in [2.45, 2.75) is 12.5 Å². The molecule has 6 nitrogen and oxygen atoms in total. The second kappa shape index (κ2) is 6.38. The van der Waals surface area contributed by atoms with Gasteiger partial charge in [0.05, 0.1) is 35.5 Å². The second-order valence-electron chi connectivity index (χ2n) is 5.12. The number of hydrogen-bond acceptors (Lipinski definition) is 5. The number of nitrogens with zero attached hydrogens (tertiary/aromatic N) is 4. The zero-order valence-electron chi connectivity index (χ0n) is 12.4. The number of pyridine rings is 1. The molecular formula is C17H11FN4O2. The first-order valence-electron chi connectivity index (χ1n) is 7.08. The zero-order chi connectivity index (χ0) is 17.1. The maximum Gasteiger partial charge on any atom is 0.261 e. The molecule has 0 radical (unpaired) electrons. The van der Waals surface area contributed by atoms with Crippen molar-refractivity contribution >= 4 is 16.7 Å². The van der Waals surface area contributed by atoms with E-state index < -0.39 is 23.1 Å². The Morgan fingerprint density at radius 2 is 2.12 bits per heavy atom. The lowest BCUT2D eigenvalue weighted by Crippen LogP contribution is -2.27. The fourth-order valence-corrected chi connectivity index (χ4v) is 2.35. The molecule has 0 aliphatic heterocycles. The molecule has 0 amide bonds. The van der Waals surface area contributed by atoms with Crippen LogP contribution >= 0.6 is 0 Å². The van der Waals surface area contributed by atoms with Crippen molar-refractivity contribution < 1.29 is 9.18 Å². The molecule has 1 aromatic carbocycles. The van der Waals surface area contributed by atoms with Gasteiger partial charge in [-0.25, -0.2) is 9.37 Å². The van der Waals surface area contributed by atoms with Gasteiger partial charge in [0, 0.05) is 6.20 Å². The first kappa shape index (κ1) is 15.5. The lowest BCUT2D eigenvalue weighted by molar-refractivity contribution is -0.120. The summed E-state index contributed by atoms with van der Waals surface area (Å²) in [4.78, 5) is 32.8. The van der Waals surface area contributed by atoms with E-state index in [1.807, 2.05) is 6.07 Å². The van der Waals surface area contributed by atoms with Crippen molar-refractivity contribution in [1.29, 1.82) is 5.26 Å². The van der Waals surface area contributed by atoms with Gasteiger partial charge in [0.15, 0.2) is 5.78 Å². The first-order chi connectivity index (χ1) is 11.6. The monoisotopic (exact) mass is 322 g/mol. The topological polar surface area (TPSA) is 88.6 Å². The Bertz CT molecular complexity index is 1010. The van der Waals surface area contributed by atoms with Crippen LogP contribution in [-0.4, -0.2) is 20.3 Å². The second-order valence-corrected chi connectivity index (χ2v) is 5.12. The summed E-state index contributed by atoms with van der Waals surface area (Å²) in [6, 6.07) is 10.5. The highest BCUT2D eigenvalue weighted by Gasteiger charge is 2.22. The van der Waals surface area contributed by atoms with E-state index in [0.717, 1.165) is 10.6 Å². The van der Waals surface area contributed by atoms with Crippen LogP contribution in [0.2, 0.25) is 0 Å². The molecule has 0 spiro atoms.